The van der Waals surface area contributed by atoms with Crippen molar-refractivity contribution in [1.29, 1.82) is 0 Å². The molecule has 0 saturated heterocycles. The largest absolute Gasteiger partial charge is 0.311 e. The molecule has 0 aliphatic carbocycles. The second kappa shape index (κ2) is 6.66. The molecule has 0 radical (unpaired) electrons. The molecule has 0 aliphatic rings. The van der Waals surface area contributed by atoms with Crippen molar-refractivity contribution in [1.82, 2.24) is 9.97 Å². The van der Waals surface area contributed by atoms with Gasteiger partial charge in [-0.15, -0.1) is 11.3 Å². The number of carbonyl (C=O) groups excluding carboxylic acids is 1. The Kier molecular flexibility index (Phi) is 4.44. The molecule has 4 nitrogen and oxygen atoms in total. The number of hydrogen-bond donors (Lipinski definition) is 1. The maximum Gasteiger partial charge on any atom is 0.225 e. The number of aromatic nitrogens is 2. The van der Waals surface area contributed by atoms with Crippen molar-refractivity contribution >= 4 is 33.3 Å². The molecule has 1 N–H and O–H groups in total. The van der Waals surface area contributed by atoms with Crippen LogP contribution in [0.1, 0.15) is 23.4 Å². The SMILES string of the molecule is Cc1ccnc(NC(=O)CCCc2nc3ccccc3s2)c1. The van der Waals surface area contributed by atoms with Gasteiger partial charge in [0.25, 0.3) is 0 Å². The van der Waals surface area contributed by atoms with Crippen LogP contribution in [0.5, 0.6) is 0 Å². The first-order chi connectivity index (χ1) is 10.7. The maximum absolute atomic E-state index is 11.9. The van der Waals surface area contributed by atoms with E-state index in [9.17, 15) is 4.79 Å². The van der Waals surface area contributed by atoms with E-state index in [4.69, 9.17) is 0 Å². The molecule has 1 amide bonds. The molecule has 0 saturated carbocycles. The Labute approximate surface area is 133 Å². The standard InChI is InChI=1S/C17H17N3OS/c1-12-9-10-18-15(11-12)20-16(21)7-4-8-17-19-13-5-2-3-6-14(13)22-17/h2-3,5-6,9-11H,4,7-8H2,1H3,(H,18,20,21). The second-order valence-electron chi connectivity index (χ2n) is 5.20. The van der Waals surface area contributed by atoms with Crippen molar-refractivity contribution in [3.8, 4) is 0 Å². The fourth-order valence-corrected chi connectivity index (χ4v) is 3.25. The van der Waals surface area contributed by atoms with Gasteiger partial charge >= 0.3 is 0 Å². The minimum absolute atomic E-state index is 0.000730. The van der Waals surface area contributed by atoms with Crippen LogP contribution >= 0.6 is 11.3 Å². The highest BCUT2D eigenvalue weighted by Crippen LogP contribution is 2.22. The van der Waals surface area contributed by atoms with E-state index < -0.39 is 0 Å². The summed E-state index contributed by atoms with van der Waals surface area (Å²) in [6.07, 6.45) is 3.79. The van der Waals surface area contributed by atoms with Crippen molar-refractivity contribution in [2.45, 2.75) is 26.2 Å². The zero-order valence-electron chi connectivity index (χ0n) is 12.4. The van der Waals surface area contributed by atoms with Gasteiger partial charge in [0.15, 0.2) is 0 Å². The number of thiazole rings is 1. The van der Waals surface area contributed by atoms with Gasteiger partial charge in [0.2, 0.25) is 5.91 Å². The number of rotatable bonds is 5. The van der Waals surface area contributed by atoms with Crippen molar-refractivity contribution in [2.24, 2.45) is 0 Å². The topological polar surface area (TPSA) is 54.9 Å². The van der Waals surface area contributed by atoms with E-state index in [2.05, 4.69) is 21.4 Å². The molecular formula is C17H17N3OS. The molecule has 22 heavy (non-hydrogen) atoms. The summed E-state index contributed by atoms with van der Waals surface area (Å²) in [5, 5.41) is 3.91. The van der Waals surface area contributed by atoms with Crippen LogP contribution in [0, 0.1) is 6.92 Å². The Hall–Kier alpha value is -2.27. The molecule has 0 bridgehead atoms. The number of benzene rings is 1. The third-order valence-corrected chi connectivity index (χ3v) is 4.41. The number of nitrogens with one attached hydrogen (secondary N) is 1. The van der Waals surface area contributed by atoms with E-state index in [1.807, 2.05) is 37.3 Å². The summed E-state index contributed by atoms with van der Waals surface area (Å²) < 4.78 is 1.20. The van der Waals surface area contributed by atoms with Crippen LogP contribution < -0.4 is 5.32 Å². The first kappa shape index (κ1) is 14.7. The third kappa shape index (κ3) is 3.68. The normalized spacial score (nSPS) is 10.8. The molecule has 3 rings (SSSR count). The van der Waals surface area contributed by atoms with Crippen molar-refractivity contribution in [3.05, 3.63) is 53.2 Å². The quantitative estimate of drug-likeness (QED) is 0.776. The van der Waals surface area contributed by atoms with Crippen LogP contribution in [-0.4, -0.2) is 15.9 Å². The van der Waals surface area contributed by atoms with Gasteiger partial charge in [-0.2, -0.15) is 0 Å². The van der Waals surface area contributed by atoms with E-state index in [0.29, 0.717) is 12.2 Å². The summed E-state index contributed by atoms with van der Waals surface area (Å²) >= 11 is 1.70. The van der Waals surface area contributed by atoms with E-state index >= 15 is 0 Å². The van der Waals surface area contributed by atoms with E-state index in [-0.39, 0.29) is 5.91 Å². The number of nitrogens with zero attached hydrogens (tertiary/aromatic N) is 2. The summed E-state index contributed by atoms with van der Waals surface area (Å²) in [5.74, 6) is 0.615. The van der Waals surface area contributed by atoms with Crippen molar-refractivity contribution in [2.75, 3.05) is 5.32 Å². The average molecular weight is 311 g/mol. The zero-order chi connectivity index (χ0) is 15.4. The molecule has 0 atom stereocenters. The summed E-state index contributed by atoms with van der Waals surface area (Å²) in [6.45, 7) is 1.98. The summed E-state index contributed by atoms with van der Waals surface area (Å²) in [4.78, 5) is 20.6. The monoisotopic (exact) mass is 311 g/mol. The lowest BCUT2D eigenvalue weighted by Gasteiger charge is -2.04. The molecular weight excluding hydrogens is 294 g/mol. The number of fused-ring (bicyclic) bond motifs is 1. The zero-order valence-corrected chi connectivity index (χ0v) is 13.2. The van der Waals surface area contributed by atoms with E-state index in [1.54, 1.807) is 17.5 Å². The fraction of sp³-hybridized carbons (Fsp3) is 0.235. The lowest BCUT2D eigenvalue weighted by Crippen LogP contribution is -2.12. The summed E-state index contributed by atoms with van der Waals surface area (Å²) in [5.41, 5.74) is 2.12. The molecule has 0 aliphatic heterocycles. The first-order valence-electron chi connectivity index (χ1n) is 7.28. The van der Waals surface area contributed by atoms with Gasteiger partial charge in [-0.05, 0) is 49.6 Å². The van der Waals surface area contributed by atoms with Crippen molar-refractivity contribution in [3.63, 3.8) is 0 Å². The highest BCUT2D eigenvalue weighted by Gasteiger charge is 2.06. The summed E-state index contributed by atoms with van der Waals surface area (Å²) in [7, 11) is 0. The maximum atomic E-state index is 11.9. The predicted octanol–water partition coefficient (Wildman–Crippen LogP) is 3.96. The molecule has 3 aromatic rings. The average Bonchev–Trinajstić information content (AvgIpc) is 2.90. The van der Waals surface area contributed by atoms with Gasteiger partial charge in [-0.25, -0.2) is 9.97 Å². The first-order valence-corrected chi connectivity index (χ1v) is 8.09. The number of aryl methyl sites for hydroxylation is 2. The van der Waals surface area contributed by atoms with Crippen LogP contribution in [0.4, 0.5) is 5.82 Å². The summed E-state index contributed by atoms with van der Waals surface area (Å²) in [6, 6.07) is 11.9. The molecule has 112 valence electrons. The number of carbonyl (C=O) groups is 1. The number of hydrogen-bond acceptors (Lipinski definition) is 4. The molecule has 0 fully saturated rings. The van der Waals surface area contributed by atoms with Crippen LogP contribution in [0.3, 0.4) is 0 Å². The Morgan fingerprint density at radius 3 is 2.95 bits per heavy atom. The van der Waals surface area contributed by atoms with Gasteiger partial charge in [0, 0.05) is 12.6 Å². The molecule has 5 heteroatoms. The van der Waals surface area contributed by atoms with Crippen LogP contribution in [-0.2, 0) is 11.2 Å². The van der Waals surface area contributed by atoms with Crippen LogP contribution in [0.25, 0.3) is 10.2 Å². The molecule has 0 unspecified atom stereocenters. The van der Waals surface area contributed by atoms with E-state index in [0.717, 1.165) is 28.9 Å². The predicted molar refractivity (Wildman–Crippen MR) is 90.2 cm³/mol. The minimum Gasteiger partial charge on any atom is -0.311 e. The van der Waals surface area contributed by atoms with Crippen LogP contribution in [0.15, 0.2) is 42.6 Å². The van der Waals surface area contributed by atoms with Gasteiger partial charge in [0.1, 0.15) is 5.82 Å². The van der Waals surface area contributed by atoms with Gasteiger partial charge in [0.05, 0.1) is 15.2 Å². The Morgan fingerprint density at radius 1 is 1.27 bits per heavy atom. The van der Waals surface area contributed by atoms with Crippen LogP contribution in [0.2, 0.25) is 0 Å². The Balaban J connectivity index is 1.51. The molecule has 1 aromatic carbocycles. The Bertz CT molecular complexity index is 764. The smallest absolute Gasteiger partial charge is 0.225 e. The highest BCUT2D eigenvalue weighted by atomic mass is 32.1. The molecule has 2 heterocycles. The molecule has 0 spiro atoms. The second-order valence-corrected chi connectivity index (χ2v) is 6.31. The van der Waals surface area contributed by atoms with E-state index in [1.165, 1.54) is 4.70 Å². The molecule has 2 aromatic heterocycles. The number of pyridine rings is 1. The third-order valence-electron chi connectivity index (χ3n) is 3.32. The lowest BCUT2D eigenvalue weighted by atomic mass is 10.2. The van der Waals surface area contributed by atoms with Gasteiger partial charge in [-0.1, -0.05) is 12.1 Å². The van der Waals surface area contributed by atoms with Gasteiger partial charge in [-0.3, -0.25) is 4.79 Å². The lowest BCUT2D eigenvalue weighted by molar-refractivity contribution is -0.116. The highest BCUT2D eigenvalue weighted by molar-refractivity contribution is 7.18. The van der Waals surface area contributed by atoms with Crippen molar-refractivity contribution < 1.29 is 4.79 Å². The van der Waals surface area contributed by atoms with Gasteiger partial charge < -0.3 is 5.32 Å². The number of para-hydroxylation sites is 1. The fourth-order valence-electron chi connectivity index (χ4n) is 2.24. The number of anilines is 1. The number of amides is 1. The minimum atomic E-state index is -0.000730. The Morgan fingerprint density at radius 2 is 2.14 bits per heavy atom.